The number of aliphatic carboxylic acids is 1. The molecule has 0 radical (unpaired) electrons. The number of hydrogen-bond donors (Lipinski definition) is 1. The minimum Gasteiger partial charge on any atom is -0.481 e. The summed E-state index contributed by atoms with van der Waals surface area (Å²) in [5, 5.41) is 8.91. The van der Waals surface area contributed by atoms with Crippen molar-refractivity contribution in [3.05, 3.63) is 29.6 Å². The van der Waals surface area contributed by atoms with E-state index in [0.717, 1.165) is 5.56 Å². The summed E-state index contributed by atoms with van der Waals surface area (Å²) in [5.41, 5.74) is 0.857. The van der Waals surface area contributed by atoms with Gasteiger partial charge in [-0.2, -0.15) is 0 Å². The highest BCUT2D eigenvalue weighted by Crippen LogP contribution is 2.25. The fourth-order valence-corrected chi connectivity index (χ4v) is 2.32. The van der Waals surface area contributed by atoms with Crippen LogP contribution in [0.3, 0.4) is 0 Å². The monoisotopic (exact) mass is 285 g/mol. The Balaban J connectivity index is 2.79. The van der Waals surface area contributed by atoms with Crippen molar-refractivity contribution in [2.24, 2.45) is 5.92 Å². The minimum absolute atomic E-state index is 0.0211. The van der Waals surface area contributed by atoms with Crippen LogP contribution in [0.4, 0.5) is 4.39 Å². The molecule has 1 aromatic carbocycles. The van der Waals surface area contributed by atoms with Gasteiger partial charge in [-0.3, -0.25) is 9.69 Å². The molecule has 5 heteroatoms. The molecular weight excluding hydrogens is 265 g/mol. The highest BCUT2D eigenvalue weighted by molar-refractivity contribution is 7.98. The molecule has 0 amide bonds. The first-order chi connectivity index (χ1) is 8.86. The Morgan fingerprint density at radius 1 is 1.47 bits per heavy atom. The minimum atomic E-state index is -0.817. The third kappa shape index (κ3) is 4.21. The van der Waals surface area contributed by atoms with Crippen LogP contribution in [0.5, 0.6) is 0 Å². The molecule has 1 N–H and O–H groups in total. The summed E-state index contributed by atoms with van der Waals surface area (Å²) in [4.78, 5) is 13.4. The quantitative estimate of drug-likeness (QED) is 0.814. The SMILES string of the molecule is CSc1ccc(C(C)N(C)CC(C)C(=O)O)cc1F. The predicted molar refractivity (Wildman–Crippen MR) is 76.0 cm³/mol. The van der Waals surface area contributed by atoms with Gasteiger partial charge in [-0.1, -0.05) is 13.0 Å². The number of thioether (sulfide) groups is 1. The van der Waals surface area contributed by atoms with Gasteiger partial charge in [0.05, 0.1) is 5.92 Å². The molecule has 106 valence electrons. The highest BCUT2D eigenvalue weighted by atomic mass is 32.2. The van der Waals surface area contributed by atoms with E-state index in [9.17, 15) is 9.18 Å². The zero-order valence-electron chi connectivity index (χ0n) is 11.7. The predicted octanol–water partition coefficient (Wildman–Crippen LogP) is 3.26. The van der Waals surface area contributed by atoms with Crippen molar-refractivity contribution in [2.45, 2.75) is 24.8 Å². The topological polar surface area (TPSA) is 40.5 Å². The lowest BCUT2D eigenvalue weighted by Crippen LogP contribution is -2.30. The van der Waals surface area contributed by atoms with Crippen LogP contribution in [0.25, 0.3) is 0 Å². The van der Waals surface area contributed by atoms with Crippen LogP contribution in [0, 0.1) is 11.7 Å². The lowest BCUT2D eigenvalue weighted by molar-refractivity contribution is -0.141. The van der Waals surface area contributed by atoms with Gasteiger partial charge in [0.15, 0.2) is 0 Å². The van der Waals surface area contributed by atoms with Gasteiger partial charge in [-0.15, -0.1) is 11.8 Å². The normalized spacial score (nSPS) is 14.4. The van der Waals surface area contributed by atoms with Crippen LogP contribution in [0.15, 0.2) is 23.1 Å². The first-order valence-electron chi connectivity index (χ1n) is 6.13. The van der Waals surface area contributed by atoms with Crippen LogP contribution in [-0.2, 0) is 4.79 Å². The van der Waals surface area contributed by atoms with Crippen LogP contribution >= 0.6 is 11.8 Å². The van der Waals surface area contributed by atoms with Gasteiger partial charge >= 0.3 is 5.97 Å². The van der Waals surface area contributed by atoms with E-state index in [0.29, 0.717) is 11.4 Å². The molecule has 0 aliphatic carbocycles. The molecular formula is C14H20FNO2S. The smallest absolute Gasteiger partial charge is 0.307 e. The summed E-state index contributed by atoms with van der Waals surface area (Å²) in [6.07, 6.45) is 1.84. The molecule has 0 spiro atoms. The molecule has 2 unspecified atom stereocenters. The third-order valence-corrected chi connectivity index (χ3v) is 4.07. The molecule has 1 aromatic rings. The van der Waals surface area contributed by atoms with E-state index in [4.69, 9.17) is 5.11 Å². The second-order valence-electron chi connectivity index (χ2n) is 4.75. The molecule has 0 aromatic heterocycles. The largest absolute Gasteiger partial charge is 0.481 e. The van der Waals surface area contributed by atoms with Gasteiger partial charge in [0.1, 0.15) is 5.82 Å². The Kier molecular flexibility index (Phi) is 5.82. The summed E-state index contributed by atoms with van der Waals surface area (Å²) in [5.74, 6) is -1.48. The van der Waals surface area contributed by atoms with E-state index in [1.54, 1.807) is 13.0 Å². The van der Waals surface area contributed by atoms with Gasteiger partial charge in [0.2, 0.25) is 0 Å². The Labute approximate surface area is 117 Å². The van der Waals surface area contributed by atoms with E-state index in [1.165, 1.54) is 17.8 Å². The van der Waals surface area contributed by atoms with Crippen LogP contribution in [0.1, 0.15) is 25.5 Å². The molecule has 3 nitrogen and oxygen atoms in total. The zero-order chi connectivity index (χ0) is 14.6. The Morgan fingerprint density at radius 2 is 2.11 bits per heavy atom. The number of hydrogen-bond acceptors (Lipinski definition) is 3. The maximum Gasteiger partial charge on any atom is 0.307 e. The second kappa shape index (κ2) is 6.91. The number of benzene rings is 1. The molecule has 0 heterocycles. The van der Waals surface area contributed by atoms with Gasteiger partial charge in [-0.25, -0.2) is 4.39 Å². The molecule has 2 atom stereocenters. The number of nitrogens with zero attached hydrogens (tertiary/aromatic N) is 1. The summed E-state index contributed by atoms with van der Waals surface area (Å²) < 4.78 is 13.7. The van der Waals surface area contributed by atoms with Crippen molar-refractivity contribution in [1.29, 1.82) is 0 Å². The highest BCUT2D eigenvalue weighted by Gasteiger charge is 2.19. The first-order valence-corrected chi connectivity index (χ1v) is 7.35. The Morgan fingerprint density at radius 3 is 2.58 bits per heavy atom. The van der Waals surface area contributed by atoms with Crippen molar-refractivity contribution < 1.29 is 14.3 Å². The number of carbonyl (C=O) groups is 1. The first kappa shape index (κ1) is 16.0. The van der Waals surface area contributed by atoms with Crippen LogP contribution in [0.2, 0.25) is 0 Å². The molecule has 0 bridgehead atoms. The summed E-state index contributed by atoms with van der Waals surface area (Å²) in [6.45, 7) is 4.05. The molecule has 1 rings (SSSR count). The molecule has 0 saturated carbocycles. The van der Waals surface area contributed by atoms with Gasteiger partial charge in [-0.05, 0) is 37.9 Å². The third-order valence-electron chi connectivity index (χ3n) is 3.30. The molecule has 0 fully saturated rings. The average Bonchev–Trinajstić information content (AvgIpc) is 2.37. The van der Waals surface area contributed by atoms with Crippen LogP contribution in [-0.4, -0.2) is 35.8 Å². The molecule has 19 heavy (non-hydrogen) atoms. The van der Waals surface area contributed by atoms with E-state index in [2.05, 4.69) is 0 Å². The van der Waals surface area contributed by atoms with E-state index in [1.807, 2.05) is 31.2 Å². The van der Waals surface area contributed by atoms with Gasteiger partial charge in [0, 0.05) is 17.5 Å². The van der Waals surface area contributed by atoms with Crippen molar-refractivity contribution in [1.82, 2.24) is 4.90 Å². The van der Waals surface area contributed by atoms with E-state index >= 15 is 0 Å². The molecule has 0 aliphatic rings. The number of rotatable bonds is 6. The summed E-state index contributed by atoms with van der Waals surface area (Å²) in [7, 11) is 1.85. The van der Waals surface area contributed by atoms with E-state index < -0.39 is 11.9 Å². The van der Waals surface area contributed by atoms with E-state index in [-0.39, 0.29) is 11.9 Å². The standard InChI is InChI=1S/C14H20FNO2S/c1-9(14(17)18)8-16(3)10(2)11-5-6-13(19-4)12(15)7-11/h5-7,9-10H,8H2,1-4H3,(H,17,18). The maximum absolute atomic E-state index is 13.7. The summed E-state index contributed by atoms with van der Waals surface area (Å²) in [6, 6.07) is 5.16. The van der Waals surface area contributed by atoms with Crippen molar-refractivity contribution in [3.63, 3.8) is 0 Å². The lowest BCUT2D eigenvalue weighted by atomic mass is 10.1. The van der Waals surface area contributed by atoms with Crippen LogP contribution < -0.4 is 0 Å². The van der Waals surface area contributed by atoms with Crippen molar-refractivity contribution in [2.75, 3.05) is 19.8 Å². The van der Waals surface area contributed by atoms with Gasteiger partial charge in [0.25, 0.3) is 0 Å². The van der Waals surface area contributed by atoms with Gasteiger partial charge < -0.3 is 5.11 Å². The van der Waals surface area contributed by atoms with Crippen molar-refractivity contribution in [3.8, 4) is 0 Å². The Bertz CT molecular complexity index is 453. The number of carboxylic acids is 1. The maximum atomic E-state index is 13.7. The fourth-order valence-electron chi connectivity index (χ4n) is 1.87. The fraction of sp³-hybridized carbons (Fsp3) is 0.500. The zero-order valence-corrected chi connectivity index (χ0v) is 12.5. The lowest BCUT2D eigenvalue weighted by Gasteiger charge is -2.26. The number of carboxylic acid groups (broad SMARTS) is 1. The molecule has 0 saturated heterocycles. The Hall–Kier alpha value is -1.07. The summed E-state index contributed by atoms with van der Waals surface area (Å²) >= 11 is 1.37. The second-order valence-corrected chi connectivity index (χ2v) is 5.60. The number of halogens is 1. The van der Waals surface area contributed by atoms with Crippen molar-refractivity contribution >= 4 is 17.7 Å². The molecule has 0 aliphatic heterocycles. The average molecular weight is 285 g/mol.